The molecule has 0 heterocycles. The first-order chi connectivity index (χ1) is 14.0. The van der Waals surface area contributed by atoms with E-state index in [1.54, 1.807) is 7.11 Å². The lowest BCUT2D eigenvalue weighted by atomic mass is 9.42. The Morgan fingerprint density at radius 3 is 2.28 bits per heavy atom. The van der Waals surface area contributed by atoms with Crippen molar-refractivity contribution in [3.8, 4) is 5.75 Å². The van der Waals surface area contributed by atoms with Gasteiger partial charge in [-0.25, -0.2) is 0 Å². The first-order valence-corrected chi connectivity index (χ1v) is 11.0. The molecule has 2 unspecified atom stereocenters. The molecule has 1 amide bonds. The van der Waals surface area contributed by atoms with Gasteiger partial charge in [-0.1, -0.05) is 29.8 Å². The van der Waals surface area contributed by atoms with Gasteiger partial charge >= 0.3 is 0 Å². The van der Waals surface area contributed by atoms with Crippen LogP contribution < -0.4 is 10.1 Å². The second-order valence-corrected chi connectivity index (χ2v) is 10.1. The number of amides is 1. The molecule has 4 saturated carbocycles. The molecule has 0 aliphatic heterocycles. The van der Waals surface area contributed by atoms with E-state index >= 15 is 0 Å². The Bertz CT molecular complexity index is 885. The molecule has 29 heavy (non-hydrogen) atoms. The summed E-state index contributed by atoms with van der Waals surface area (Å²) in [7, 11) is 1.66. The van der Waals surface area contributed by atoms with Crippen LogP contribution in [0.25, 0.3) is 0 Å². The van der Waals surface area contributed by atoms with Gasteiger partial charge in [-0.05, 0) is 97.9 Å². The maximum absolute atomic E-state index is 13.0. The highest BCUT2D eigenvalue weighted by Crippen LogP contribution is 2.66. The second kappa shape index (κ2) is 6.90. The summed E-state index contributed by atoms with van der Waals surface area (Å²) in [5, 5.41) is 3.13. The molecule has 4 aliphatic rings. The van der Waals surface area contributed by atoms with E-state index < -0.39 is 0 Å². The van der Waals surface area contributed by atoms with Crippen LogP contribution in [-0.4, -0.2) is 13.0 Å². The Kier molecular flexibility index (Phi) is 4.45. The summed E-state index contributed by atoms with van der Waals surface area (Å²) in [6, 6.07) is 16.9. The van der Waals surface area contributed by atoms with Gasteiger partial charge in [-0.3, -0.25) is 4.79 Å². The van der Waals surface area contributed by atoms with E-state index in [4.69, 9.17) is 4.74 Å². The Morgan fingerprint density at radius 2 is 1.66 bits per heavy atom. The fourth-order valence-corrected chi connectivity index (χ4v) is 7.12. The van der Waals surface area contributed by atoms with Gasteiger partial charge in [0.2, 0.25) is 5.91 Å². The summed E-state index contributed by atoms with van der Waals surface area (Å²) in [4.78, 5) is 13.0. The smallest absolute Gasteiger partial charge is 0.224 e. The number of carbonyl (C=O) groups is 1. The standard InChI is InChI=1S/C26H31NO2/c1-18-3-5-21(6-4-18)26-14-19-11-20(15-26)13-25(12-19,17-26)16-24(28)27-22-7-9-23(29-2)10-8-22/h3-10,19-20H,11-17H2,1-2H3,(H,27,28)/t19-,20+,25?,26?. The number of rotatable bonds is 5. The zero-order valence-corrected chi connectivity index (χ0v) is 17.5. The molecule has 0 aromatic heterocycles. The molecule has 4 atom stereocenters. The van der Waals surface area contributed by atoms with Crippen LogP contribution in [0, 0.1) is 24.2 Å². The highest BCUT2D eigenvalue weighted by Gasteiger charge is 2.58. The molecular formula is C26H31NO2. The van der Waals surface area contributed by atoms with Crippen molar-refractivity contribution in [3.63, 3.8) is 0 Å². The van der Waals surface area contributed by atoms with Crippen LogP contribution in [-0.2, 0) is 10.2 Å². The second-order valence-electron chi connectivity index (χ2n) is 10.1. The third-order valence-corrected chi connectivity index (χ3v) is 7.76. The predicted octanol–water partition coefficient (Wildman–Crippen LogP) is 5.87. The van der Waals surface area contributed by atoms with Crippen LogP contribution in [0.4, 0.5) is 5.69 Å². The lowest BCUT2D eigenvalue weighted by Gasteiger charge is -2.62. The van der Waals surface area contributed by atoms with Gasteiger partial charge in [0.25, 0.3) is 0 Å². The molecule has 4 aliphatic carbocycles. The van der Waals surface area contributed by atoms with Crippen LogP contribution in [0.5, 0.6) is 5.75 Å². The number of hydrogen-bond donors (Lipinski definition) is 1. The summed E-state index contributed by atoms with van der Waals surface area (Å²) in [6.45, 7) is 2.16. The molecule has 6 rings (SSSR count). The van der Waals surface area contributed by atoms with E-state index in [1.807, 2.05) is 24.3 Å². The minimum atomic E-state index is 0.163. The zero-order valence-electron chi connectivity index (χ0n) is 17.5. The third-order valence-electron chi connectivity index (χ3n) is 7.76. The molecule has 0 saturated heterocycles. The largest absolute Gasteiger partial charge is 0.497 e. The molecule has 0 spiro atoms. The fourth-order valence-electron chi connectivity index (χ4n) is 7.12. The summed E-state index contributed by atoms with van der Waals surface area (Å²) >= 11 is 0. The number of methoxy groups -OCH3 is 1. The van der Waals surface area contributed by atoms with Crippen LogP contribution in [0.15, 0.2) is 48.5 Å². The van der Waals surface area contributed by atoms with Crippen molar-refractivity contribution in [2.75, 3.05) is 12.4 Å². The molecule has 4 bridgehead atoms. The van der Waals surface area contributed by atoms with E-state index in [-0.39, 0.29) is 16.7 Å². The van der Waals surface area contributed by atoms with Gasteiger partial charge in [0.15, 0.2) is 0 Å². The van der Waals surface area contributed by atoms with E-state index in [9.17, 15) is 4.79 Å². The van der Waals surface area contributed by atoms with Gasteiger partial charge in [-0.2, -0.15) is 0 Å². The predicted molar refractivity (Wildman–Crippen MR) is 116 cm³/mol. The van der Waals surface area contributed by atoms with Gasteiger partial charge in [0.1, 0.15) is 5.75 Å². The Hall–Kier alpha value is -2.29. The van der Waals surface area contributed by atoms with Crippen molar-refractivity contribution in [2.45, 2.75) is 57.3 Å². The van der Waals surface area contributed by atoms with E-state index in [1.165, 1.54) is 49.7 Å². The van der Waals surface area contributed by atoms with Crippen LogP contribution >= 0.6 is 0 Å². The number of hydrogen-bond acceptors (Lipinski definition) is 2. The number of ether oxygens (including phenoxy) is 1. The average Bonchev–Trinajstić information content (AvgIpc) is 2.67. The number of nitrogens with one attached hydrogen (secondary N) is 1. The molecule has 3 nitrogen and oxygen atoms in total. The Balaban J connectivity index is 1.35. The van der Waals surface area contributed by atoms with Crippen molar-refractivity contribution in [3.05, 3.63) is 59.7 Å². The minimum absolute atomic E-state index is 0.163. The average molecular weight is 390 g/mol. The monoisotopic (exact) mass is 389 g/mol. The summed E-state index contributed by atoms with van der Waals surface area (Å²) in [5.41, 5.74) is 4.15. The number of anilines is 1. The topological polar surface area (TPSA) is 38.3 Å². The van der Waals surface area contributed by atoms with Crippen molar-refractivity contribution < 1.29 is 9.53 Å². The molecular weight excluding hydrogens is 358 g/mol. The quantitative estimate of drug-likeness (QED) is 0.694. The first kappa shape index (κ1) is 18.7. The van der Waals surface area contributed by atoms with Crippen LogP contribution in [0.1, 0.15) is 56.1 Å². The van der Waals surface area contributed by atoms with Crippen LogP contribution in [0.3, 0.4) is 0 Å². The van der Waals surface area contributed by atoms with E-state index in [0.29, 0.717) is 6.42 Å². The van der Waals surface area contributed by atoms with Gasteiger partial charge in [0.05, 0.1) is 7.11 Å². The Labute approximate surface area is 173 Å². The fraction of sp³-hybridized carbons (Fsp3) is 0.500. The van der Waals surface area contributed by atoms with Crippen molar-refractivity contribution in [2.24, 2.45) is 17.3 Å². The molecule has 2 aromatic rings. The SMILES string of the molecule is COc1ccc(NC(=O)CC23C[C@H]4C[C@@H](C2)CC(c2ccc(C)cc2)(C4)C3)cc1. The lowest BCUT2D eigenvalue weighted by molar-refractivity contribution is -0.126. The number of carbonyl (C=O) groups excluding carboxylic acids is 1. The van der Waals surface area contributed by atoms with Crippen molar-refractivity contribution in [1.29, 1.82) is 0 Å². The van der Waals surface area contributed by atoms with Gasteiger partial charge in [-0.15, -0.1) is 0 Å². The normalized spacial score (nSPS) is 32.2. The molecule has 4 fully saturated rings. The maximum atomic E-state index is 13.0. The highest BCUT2D eigenvalue weighted by atomic mass is 16.5. The van der Waals surface area contributed by atoms with Crippen LogP contribution in [0.2, 0.25) is 0 Å². The number of benzene rings is 2. The van der Waals surface area contributed by atoms with Crippen molar-refractivity contribution in [1.82, 2.24) is 0 Å². The zero-order chi connectivity index (χ0) is 20.1. The summed E-state index contributed by atoms with van der Waals surface area (Å²) in [5.74, 6) is 2.54. The maximum Gasteiger partial charge on any atom is 0.224 e. The summed E-state index contributed by atoms with van der Waals surface area (Å²) in [6.07, 6.45) is 8.28. The molecule has 2 aromatic carbocycles. The molecule has 0 radical (unpaired) electrons. The third kappa shape index (κ3) is 3.45. The molecule has 1 N–H and O–H groups in total. The highest BCUT2D eigenvalue weighted by molar-refractivity contribution is 5.91. The number of aryl methyl sites for hydroxylation is 1. The van der Waals surface area contributed by atoms with E-state index in [2.05, 4.69) is 36.5 Å². The van der Waals surface area contributed by atoms with Crippen molar-refractivity contribution >= 4 is 11.6 Å². The van der Waals surface area contributed by atoms with E-state index in [0.717, 1.165) is 23.3 Å². The molecule has 3 heteroatoms. The summed E-state index contributed by atoms with van der Waals surface area (Å²) < 4.78 is 5.21. The first-order valence-electron chi connectivity index (χ1n) is 11.0. The molecule has 152 valence electrons. The lowest BCUT2D eigenvalue weighted by Crippen LogP contribution is -2.54. The van der Waals surface area contributed by atoms with Gasteiger partial charge < -0.3 is 10.1 Å². The Morgan fingerprint density at radius 1 is 1.00 bits per heavy atom. The van der Waals surface area contributed by atoms with Gasteiger partial charge in [0, 0.05) is 12.1 Å². The minimum Gasteiger partial charge on any atom is -0.497 e.